The first-order chi connectivity index (χ1) is 13.2. The van der Waals surface area contributed by atoms with Crippen molar-refractivity contribution in [1.82, 2.24) is 4.90 Å². The largest absolute Gasteiger partial charge is 0.452 e. The lowest BCUT2D eigenvalue weighted by Gasteiger charge is -2.33. The number of ether oxygens (including phenoxy) is 1. The normalized spacial score (nSPS) is 21.6. The molecule has 0 bridgehead atoms. The summed E-state index contributed by atoms with van der Waals surface area (Å²) in [6.45, 7) is -0.509. The van der Waals surface area contributed by atoms with E-state index in [-0.39, 0.29) is 44.2 Å². The number of sulfone groups is 1. The highest BCUT2D eigenvalue weighted by Crippen LogP contribution is 2.32. The number of nitrogens with zero attached hydrogens (tertiary/aromatic N) is 1. The van der Waals surface area contributed by atoms with Crippen molar-refractivity contribution in [2.45, 2.75) is 44.2 Å². The number of carbonyl (C=O) groups is 2. The maximum Gasteiger partial charge on any atom is 0.341 e. The molecule has 0 spiro atoms. The fourth-order valence-electron chi connectivity index (χ4n) is 3.87. The minimum absolute atomic E-state index is 0.0251. The van der Waals surface area contributed by atoms with Crippen LogP contribution in [0.5, 0.6) is 0 Å². The molecule has 1 saturated carbocycles. The zero-order valence-corrected chi connectivity index (χ0v) is 18.1. The molecule has 28 heavy (non-hydrogen) atoms. The molecule has 1 aromatic rings. The van der Waals surface area contributed by atoms with Gasteiger partial charge in [0, 0.05) is 12.1 Å². The van der Waals surface area contributed by atoms with Gasteiger partial charge in [-0.3, -0.25) is 4.79 Å². The summed E-state index contributed by atoms with van der Waals surface area (Å²) in [7, 11) is -3.15. The van der Waals surface area contributed by atoms with Crippen LogP contribution in [0, 0.1) is 0 Å². The molecule has 2 aliphatic rings. The summed E-state index contributed by atoms with van der Waals surface area (Å²) in [5.74, 6) is -1.23. The summed E-state index contributed by atoms with van der Waals surface area (Å²) in [4.78, 5) is 26.9. The Bertz CT molecular complexity index is 883. The molecular formula is C18H20Cl3NO5S. The number of carbonyl (C=O) groups excluding carboxylic acids is 2. The highest BCUT2D eigenvalue weighted by molar-refractivity contribution is 7.91. The maximum atomic E-state index is 12.9. The van der Waals surface area contributed by atoms with E-state index in [4.69, 9.17) is 39.5 Å². The Labute approximate surface area is 179 Å². The molecule has 0 N–H and O–H groups in total. The van der Waals surface area contributed by atoms with Crippen molar-refractivity contribution in [3.8, 4) is 0 Å². The van der Waals surface area contributed by atoms with Gasteiger partial charge in [0.15, 0.2) is 16.4 Å². The van der Waals surface area contributed by atoms with Crippen molar-refractivity contribution in [3.63, 3.8) is 0 Å². The van der Waals surface area contributed by atoms with Crippen LogP contribution in [0.3, 0.4) is 0 Å². The zero-order chi connectivity index (χ0) is 20.5. The van der Waals surface area contributed by atoms with Gasteiger partial charge in [-0.15, -0.1) is 0 Å². The van der Waals surface area contributed by atoms with Gasteiger partial charge in [0.25, 0.3) is 5.91 Å². The predicted molar refractivity (Wildman–Crippen MR) is 108 cm³/mol. The van der Waals surface area contributed by atoms with Crippen molar-refractivity contribution in [2.24, 2.45) is 0 Å². The SMILES string of the molecule is O=C(OCC(=O)N(C1CCCC1)C1CCS(=O)(=O)C1)c1c(Cl)ccc(Cl)c1Cl. The van der Waals surface area contributed by atoms with Crippen molar-refractivity contribution >= 4 is 56.5 Å². The van der Waals surface area contributed by atoms with Crippen LogP contribution in [0.25, 0.3) is 0 Å². The molecular weight excluding hydrogens is 449 g/mol. The summed E-state index contributed by atoms with van der Waals surface area (Å²) in [6.07, 6.45) is 4.03. The number of esters is 1. The minimum Gasteiger partial charge on any atom is -0.452 e. The molecule has 0 radical (unpaired) electrons. The van der Waals surface area contributed by atoms with Crippen LogP contribution < -0.4 is 0 Å². The highest BCUT2D eigenvalue weighted by atomic mass is 35.5. The van der Waals surface area contributed by atoms with Crippen molar-refractivity contribution in [1.29, 1.82) is 0 Å². The summed E-state index contributed by atoms with van der Waals surface area (Å²) >= 11 is 17.9. The Balaban J connectivity index is 1.72. The fourth-order valence-corrected chi connectivity index (χ4v) is 6.26. The van der Waals surface area contributed by atoms with Gasteiger partial charge in [0.2, 0.25) is 0 Å². The van der Waals surface area contributed by atoms with E-state index in [0.29, 0.717) is 6.42 Å². The smallest absolute Gasteiger partial charge is 0.341 e. The number of halogens is 3. The zero-order valence-electron chi connectivity index (χ0n) is 15.0. The summed E-state index contributed by atoms with van der Waals surface area (Å²) < 4.78 is 28.9. The van der Waals surface area contributed by atoms with E-state index in [1.54, 1.807) is 4.90 Å². The molecule has 1 aliphatic carbocycles. The van der Waals surface area contributed by atoms with Gasteiger partial charge in [-0.05, 0) is 31.4 Å². The summed E-state index contributed by atoms with van der Waals surface area (Å²) in [6, 6.07) is 2.47. The van der Waals surface area contributed by atoms with Gasteiger partial charge in [-0.25, -0.2) is 13.2 Å². The van der Waals surface area contributed by atoms with Gasteiger partial charge in [0.1, 0.15) is 0 Å². The lowest BCUT2D eigenvalue weighted by molar-refractivity contribution is -0.139. The van der Waals surface area contributed by atoms with Gasteiger partial charge >= 0.3 is 5.97 Å². The van der Waals surface area contributed by atoms with Gasteiger partial charge < -0.3 is 9.64 Å². The van der Waals surface area contributed by atoms with Crippen molar-refractivity contribution < 1.29 is 22.7 Å². The first-order valence-corrected chi connectivity index (χ1v) is 12.0. The Morgan fingerprint density at radius 1 is 1.04 bits per heavy atom. The van der Waals surface area contributed by atoms with E-state index in [1.165, 1.54) is 12.1 Å². The second-order valence-electron chi connectivity index (χ2n) is 7.09. The predicted octanol–water partition coefficient (Wildman–Crippen LogP) is 3.76. The molecule has 1 amide bonds. The van der Waals surface area contributed by atoms with Gasteiger partial charge in [0.05, 0.1) is 32.1 Å². The maximum absolute atomic E-state index is 12.9. The molecule has 2 fully saturated rings. The number of amides is 1. The van der Waals surface area contributed by atoms with Crippen molar-refractivity contribution in [3.05, 3.63) is 32.8 Å². The van der Waals surface area contributed by atoms with Crippen LogP contribution in [0.15, 0.2) is 12.1 Å². The van der Waals surface area contributed by atoms with Crippen LogP contribution in [0.2, 0.25) is 15.1 Å². The molecule has 1 aromatic carbocycles. The molecule has 1 unspecified atom stereocenters. The third kappa shape index (κ3) is 4.75. The number of hydrogen-bond donors (Lipinski definition) is 0. The lowest BCUT2D eigenvalue weighted by atomic mass is 10.1. The molecule has 1 saturated heterocycles. The van der Waals surface area contributed by atoms with Crippen LogP contribution in [0.4, 0.5) is 0 Å². The third-order valence-corrected chi connectivity index (χ3v) is 8.05. The number of rotatable bonds is 5. The van der Waals surface area contributed by atoms with Crippen LogP contribution >= 0.6 is 34.8 Å². The molecule has 1 aliphatic heterocycles. The van der Waals surface area contributed by atoms with Crippen LogP contribution in [-0.2, 0) is 19.4 Å². The van der Waals surface area contributed by atoms with Crippen molar-refractivity contribution in [2.75, 3.05) is 18.1 Å². The molecule has 0 aromatic heterocycles. The quantitative estimate of drug-likeness (QED) is 0.485. The van der Waals surface area contributed by atoms with E-state index in [9.17, 15) is 18.0 Å². The first-order valence-electron chi connectivity index (χ1n) is 9.02. The first kappa shape index (κ1) is 21.7. The van der Waals surface area contributed by atoms with E-state index in [2.05, 4.69) is 0 Å². The Hall–Kier alpha value is -1.02. The van der Waals surface area contributed by atoms with E-state index in [0.717, 1.165) is 25.7 Å². The highest BCUT2D eigenvalue weighted by Gasteiger charge is 2.39. The Kier molecular flexibility index (Phi) is 6.80. The van der Waals surface area contributed by atoms with Gasteiger partial charge in [-0.1, -0.05) is 47.6 Å². The molecule has 10 heteroatoms. The monoisotopic (exact) mass is 467 g/mol. The van der Waals surface area contributed by atoms with E-state index in [1.807, 2.05) is 0 Å². The second kappa shape index (κ2) is 8.78. The topological polar surface area (TPSA) is 80.8 Å². The van der Waals surface area contributed by atoms with E-state index >= 15 is 0 Å². The second-order valence-corrected chi connectivity index (χ2v) is 10.5. The van der Waals surface area contributed by atoms with Gasteiger partial charge in [-0.2, -0.15) is 0 Å². The molecule has 1 atom stereocenters. The van der Waals surface area contributed by atoms with Crippen LogP contribution in [0.1, 0.15) is 42.5 Å². The lowest BCUT2D eigenvalue weighted by Crippen LogP contribution is -2.48. The average Bonchev–Trinajstić information content (AvgIpc) is 3.27. The fraction of sp³-hybridized carbons (Fsp3) is 0.556. The number of hydrogen-bond acceptors (Lipinski definition) is 5. The molecule has 3 rings (SSSR count). The Morgan fingerprint density at radius 2 is 1.68 bits per heavy atom. The van der Waals surface area contributed by atoms with E-state index < -0.39 is 28.3 Å². The standard InChI is InChI=1S/C18H20Cl3NO5S/c19-13-5-6-14(20)17(21)16(13)18(24)27-9-15(23)22(11-3-1-2-4-11)12-7-8-28(25,26)10-12/h5-6,11-12H,1-4,7-10H2. The summed E-state index contributed by atoms with van der Waals surface area (Å²) in [5, 5.41) is 0.177. The average molecular weight is 469 g/mol. The number of benzene rings is 1. The molecule has 1 heterocycles. The molecule has 154 valence electrons. The minimum atomic E-state index is -3.15. The third-order valence-electron chi connectivity index (χ3n) is 5.18. The molecule has 6 nitrogen and oxygen atoms in total. The summed E-state index contributed by atoms with van der Waals surface area (Å²) in [5.41, 5.74) is -0.0977. The Morgan fingerprint density at radius 3 is 2.29 bits per heavy atom. The van der Waals surface area contributed by atoms with Crippen LogP contribution in [-0.4, -0.2) is 55.4 Å².